The SMILES string of the molecule is O=CC(CO)C(c1cccc(OCC2CCN(c3cc(C(F)(F)F)ccc3C(F)(F)F)C2)c1)C1CC1. The number of aliphatic hydroxyl groups excluding tert-OH is 1. The van der Waals surface area contributed by atoms with Gasteiger partial charge in [-0.1, -0.05) is 12.1 Å². The Morgan fingerprint density at radius 2 is 1.78 bits per heavy atom. The Hall–Kier alpha value is -2.75. The molecule has 10 heteroatoms. The first kappa shape index (κ1) is 26.3. The third-order valence-electron chi connectivity index (χ3n) is 6.96. The van der Waals surface area contributed by atoms with Crippen LogP contribution in [-0.4, -0.2) is 37.7 Å². The summed E-state index contributed by atoms with van der Waals surface area (Å²) >= 11 is 0. The molecule has 0 spiro atoms. The van der Waals surface area contributed by atoms with E-state index in [1.807, 2.05) is 12.1 Å². The average Bonchev–Trinajstić information content (AvgIpc) is 3.55. The number of carbonyl (C=O) groups excluding carboxylic acids is 1. The van der Waals surface area contributed by atoms with Gasteiger partial charge < -0.3 is 19.5 Å². The first-order chi connectivity index (χ1) is 17.0. The number of benzene rings is 2. The van der Waals surface area contributed by atoms with Crippen molar-refractivity contribution in [3.63, 3.8) is 0 Å². The quantitative estimate of drug-likeness (QED) is 0.332. The lowest BCUT2D eigenvalue weighted by Gasteiger charge is -2.25. The second kappa shape index (κ2) is 10.3. The highest BCUT2D eigenvalue weighted by molar-refractivity contribution is 5.58. The zero-order valence-corrected chi connectivity index (χ0v) is 19.4. The van der Waals surface area contributed by atoms with Gasteiger partial charge in [0.25, 0.3) is 0 Å². The molecule has 2 aromatic rings. The lowest BCUT2D eigenvalue weighted by Crippen LogP contribution is -2.25. The highest BCUT2D eigenvalue weighted by Crippen LogP contribution is 2.47. The van der Waals surface area contributed by atoms with Crippen molar-refractivity contribution in [3.05, 3.63) is 59.2 Å². The predicted octanol–water partition coefficient (Wildman–Crippen LogP) is 5.93. The standard InChI is InChI=1S/C26H27F6NO3/c27-25(28,29)20-6-7-22(26(30,31)32)23(11-20)33-9-8-16(12-33)15-36-21-3-1-2-18(10-21)24(17-4-5-17)19(13-34)14-35/h1-3,6-7,10-11,13,16-17,19,24,35H,4-5,8-9,12,14-15H2. The number of hydrogen-bond donors (Lipinski definition) is 1. The summed E-state index contributed by atoms with van der Waals surface area (Å²) in [6.07, 6.45) is -6.33. The molecule has 0 amide bonds. The monoisotopic (exact) mass is 515 g/mol. The second-order valence-electron chi connectivity index (χ2n) is 9.56. The van der Waals surface area contributed by atoms with Crippen LogP contribution in [0.2, 0.25) is 0 Å². The number of halogens is 6. The minimum atomic E-state index is -4.78. The molecular weight excluding hydrogens is 488 g/mol. The van der Waals surface area contributed by atoms with Crippen LogP contribution in [0.25, 0.3) is 0 Å². The summed E-state index contributed by atoms with van der Waals surface area (Å²) in [6, 6.07) is 8.74. The van der Waals surface area contributed by atoms with Gasteiger partial charge in [-0.15, -0.1) is 0 Å². The van der Waals surface area contributed by atoms with Gasteiger partial charge in [-0.05, 0) is 67.0 Å². The number of aliphatic hydroxyl groups is 1. The summed E-state index contributed by atoms with van der Waals surface area (Å²) in [5, 5.41) is 9.60. The topological polar surface area (TPSA) is 49.8 Å². The molecule has 1 aliphatic carbocycles. The fourth-order valence-electron chi connectivity index (χ4n) is 4.99. The number of rotatable bonds is 9. The Bertz CT molecular complexity index is 1070. The molecule has 0 radical (unpaired) electrons. The Balaban J connectivity index is 1.45. The van der Waals surface area contributed by atoms with Crippen LogP contribution in [0.15, 0.2) is 42.5 Å². The van der Waals surface area contributed by atoms with Crippen molar-refractivity contribution in [1.29, 1.82) is 0 Å². The van der Waals surface area contributed by atoms with E-state index in [2.05, 4.69) is 0 Å². The number of aldehydes is 1. The Kier molecular flexibility index (Phi) is 7.54. The third-order valence-corrected chi connectivity index (χ3v) is 6.96. The molecule has 2 aromatic carbocycles. The van der Waals surface area contributed by atoms with Crippen molar-refractivity contribution in [2.45, 2.75) is 37.5 Å². The number of alkyl halides is 6. The van der Waals surface area contributed by atoms with Gasteiger partial charge in [-0.25, -0.2) is 0 Å². The molecule has 2 aliphatic rings. The molecule has 3 unspecified atom stereocenters. The molecule has 196 valence electrons. The van der Waals surface area contributed by atoms with Crippen LogP contribution in [0.3, 0.4) is 0 Å². The van der Waals surface area contributed by atoms with E-state index in [4.69, 9.17) is 4.74 Å². The van der Waals surface area contributed by atoms with Gasteiger partial charge in [0.15, 0.2) is 0 Å². The molecule has 4 rings (SSSR count). The molecule has 2 fully saturated rings. The van der Waals surface area contributed by atoms with Gasteiger partial charge in [-0.3, -0.25) is 0 Å². The summed E-state index contributed by atoms with van der Waals surface area (Å²) < 4.78 is 85.9. The fraction of sp³-hybridized carbons (Fsp3) is 0.500. The van der Waals surface area contributed by atoms with Crippen LogP contribution in [0, 0.1) is 17.8 Å². The van der Waals surface area contributed by atoms with Gasteiger partial charge >= 0.3 is 12.4 Å². The van der Waals surface area contributed by atoms with E-state index in [0.717, 1.165) is 24.7 Å². The van der Waals surface area contributed by atoms with Crippen molar-refractivity contribution < 1.29 is 41.0 Å². The van der Waals surface area contributed by atoms with Gasteiger partial charge in [0, 0.05) is 30.6 Å². The molecule has 36 heavy (non-hydrogen) atoms. The van der Waals surface area contributed by atoms with Crippen LogP contribution >= 0.6 is 0 Å². The normalized spacial score (nSPS) is 20.3. The van der Waals surface area contributed by atoms with Crippen LogP contribution in [0.5, 0.6) is 5.75 Å². The van der Waals surface area contributed by atoms with Crippen molar-refractivity contribution in [2.24, 2.45) is 17.8 Å². The summed E-state index contributed by atoms with van der Waals surface area (Å²) in [7, 11) is 0. The van der Waals surface area contributed by atoms with E-state index in [-0.39, 0.29) is 38.1 Å². The minimum Gasteiger partial charge on any atom is -0.493 e. The van der Waals surface area contributed by atoms with E-state index in [1.54, 1.807) is 12.1 Å². The number of nitrogens with zero attached hydrogens (tertiary/aromatic N) is 1. The largest absolute Gasteiger partial charge is 0.493 e. The summed E-state index contributed by atoms with van der Waals surface area (Å²) in [4.78, 5) is 12.8. The Morgan fingerprint density at radius 1 is 1.03 bits per heavy atom. The molecule has 1 saturated heterocycles. The number of hydrogen-bond acceptors (Lipinski definition) is 4. The molecule has 1 aliphatic heterocycles. The molecule has 1 saturated carbocycles. The first-order valence-electron chi connectivity index (χ1n) is 11.8. The fourth-order valence-corrected chi connectivity index (χ4v) is 4.99. The Labute approximate surface area is 204 Å². The lowest BCUT2D eigenvalue weighted by atomic mass is 9.83. The third kappa shape index (κ3) is 5.96. The van der Waals surface area contributed by atoms with E-state index < -0.39 is 35.1 Å². The highest BCUT2D eigenvalue weighted by atomic mass is 19.4. The van der Waals surface area contributed by atoms with Gasteiger partial charge in [0.05, 0.1) is 24.3 Å². The molecule has 3 atom stereocenters. The summed E-state index contributed by atoms with van der Waals surface area (Å²) in [6.45, 7) is 0.251. The smallest absolute Gasteiger partial charge is 0.418 e. The van der Waals surface area contributed by atoms with E-state index in [1.165, 1.54) is 4.90 Å². The zero-order chi connectivity index (χ0) is 26.1. The van der Waals surface area contributed by atoms with Crippen LogP contribution in [0.1, 0.15) is 41.9 Å². The van der Waals surface area contributed by atoms with Gasteiger partial charge in [-0.2, -0.15) is 26.3 Å². The second-order valence-corrected chi connectivity index (χ2v) is 9.56. The van der Waals surface area contributed by atoms with E-state index in [0.29, 0.717) is 36.3 Å². The molecular formula is C26H27F6NO3. The van der Waals surface area contributed by atoms with Crippen molar-refractivity contribution in [3.8, 4) is 5.75 Å². The molecule has 0 aromatic heterocycles. The maximum absolute atomic E-state index is 13.5. The molecule has 1 heterocycles. The van der Waals surface area contributed by atoms with Crippen LogP contribution in [-0.2, 0) is 17.1 Å². The predicted molar refractivity (Wildman–Crippen MR) is 121 cm³/mol. The highest BCUT2D eigenvalue weighted by Gasteiger charge is 2.40. The molecule has 4 nitrogen and oxygen atoms in total. The number of ether oxygens (including phenoxy) is 1. The van der Waals surface area contributed by atoms with Crippen molar-refractivity contribution >= 4 is 12.0 Å². The zero-order valence-electron chi connectivity index (χ0n) is 19.4. The maximum atomic E-state index is 13.5. The Morgan fingerprint density at radius 3 is 2.39 bits per heavy atom. The summed E-state index contributed by atoms with van der Waals surface area (Å²) in [5.41, 5.74) is -1.81. The van der Waals surface area contributed by atoms with Crippen molar-refractivity contribution in [2.75, 3.05) is 31.2 Å². The van der Waals surface area contributed by atoms with Crippen LogP contribution < -0.4 is 9.64 Å². The van der Waals surface area contributed by atoms with E-state index in [9.17, 15) is 36.2 Å². The summed E-state index contributed by atoms with van der Waals surface area (Å²) in [5.74, 6) is 0.0605. The van der Waals surface area contributed by atoms with Crippen LogP contribution in [0.4, 0.5) is 32.0 Å². The van der Waals surface area contributed by atoms with Crippen molar-refractivity contribution in [1.82, 2.24) is 0 Å². The maximum Gasteiger partial charge on any atom is 0.418 e. The first-order valence-corrected chi connectivity index (χ1v) is 11.8. The number of carbonyl (C=O) groups is 1. The minimum absolute atomic E-state index is 0.111. The average molecular weight is 515 g/mol. The lowest BCUT2D eigenvalue weighted by molar-refractivity contribution is -0.141. The van der Waals surface area contributed by atoms with E-state index >= 15 is 0 Å². The molecule has 0 bridgehead atoms. The van der Waals surface area contributed by atoms with Gasteiger partial charge in [0.2, 0.25) is 0 Å². The molecule has 1 N–H and O–H groups in total. The van der Waals surface area contributed by atoms with Gasteiger partial charge in [0.1, 0.15) is 12.0 Å². The number of anilines is 1.